The van der Waals surface area contributed by atoms with Crippen LogP contribution in [0.2, 0.25) is 0 Å². The second kappa shape index (κ2) is 20.2. The van der Waals surface area contributed by atoms with Crippen LogP contribution in [0.15, 0.2) is 42.5 Å². The van der Waals surface area contributed by atoms with Gasteiger partial charge in [0, 0.05) is 0 Å². The SMILES string of the molecule is CCCCCCCCCCCCC(CCCCCCCCCC)C(C(=O)O)c1cccc2ccccc12. The maximum atomic E-state index is 12.7. The van der Waals surface area contributed by atoms with Crippen molar-refractivity contribution in [3.05, 3.63) is 48.0 Å². The standard InChI is InChI=1S/C35H56O2/c1-3-5-7-9-11-13-14-16-18-20-26-31(25-19-17-15-12-10-8-6-4-2)34(35(36)37)33-29-23-27-30-24-21-22-28-32(30)33/h21-24,27-29,31,34H,3-20,25-26H2,1-2H3,(H,36,37). The van der Waals surface area contributed by atoms with Gasteiger partial charge in [-0.2, -0.15) is 0 Å². The first-order chi connectivity index (χ1) is 18.2. The second-order valence-corrected chi connectivity index (χ2v) is 11.4. The van der Waals surface area contributed by atoms with E-state index in [1.54, 1.807) is 0 Å². The highest BCUT2D eigenvalue weighted by Crippen LogP contribution is 2.37. The van der Waals surface area contributed by atoms with Crippen LogP contribution < -0.4 is 0 Å². The van der Waals surface area contributed by atoms with E-state index in [0.29, 0.717) is 0 Å². The van der Waals surface area contributed by atoms with Gasteiger partial charge in [0.25, 0.3) is 0 Å². The highest BCUT2D eigenvalue weighted by atomic mass is 16.4. The molecule has 0 radical (unpaired) electrons. The minimum atomic E-state index is -0.645. The van der Waals surface area contributed by atoms with Crippen LogP contribution >= 0.6 is 0 Å². The number of benzene rings is 2. The molecular weight excluding hydrogens is 452 g/mol. The van der Waals surface area contributed by atoms with Crippen LogP contribution in [0.4, 0.5) is 0 Å². The van der Waals surface area contributed by atoms with E-state index in [-0.39, 0.29) is 5.92 Å². The minimum Gasteiger partial charge on any atom is -0.481 e. The summed E-state index contributed by atoms with van der Waals surface area (Å²) < 4.78 is 0. The van der Waals surface area contributed by atoms with Crippen LogP contribution in [0.3, 0.4) is 0 Å². The van der Waals surface area contributed by atoms with E-state index in [1.165, 1.54) is 103 Å². The summed E-state index contributed by atoms with van der Waals surface area (Å²) in [6.45, 7) is 4.54. The lowest BCUT2D eigenvalue weighted by Crippen LogP contribution is -2.22. The third-order valence-electron chi connectivity index (χ3n) is 8.25. The average molecular weight is 509 g/mol. The largest absolute Gasteiger partial charge is 0.481 e. The zero-order chi connectivity index (χ0) is 26.6. The molecule has 0 bridgehead atoms. The molecule has 0 amide bonds. The molecule has 2 nitrogen and oxygen atoms in total. The van der Waals surface area contributed by atoms with Gasteiger partial charge in [-0.15, -0.1) is 0 Å². The number of carboxylic acids is 1. The van der Waals surface area contributed by atoms with Gasteiger partial charge in [-0.05, 0) is 35.1 Å². The maximum absolute atomic E-state index is 12.7. The van der Waals surface area contributed by atoms with Gasteiger partial charge >= 0.3 is 5.97 Å². The Kier molecular flexibility index (Phi) is 17.1. The summed E-state index contributed by atoms with van der Waals surface area (Å²) in [7, 11) is 0. The van der Waals surface area contributed by atoms with Crippen molar-refractivity contribution in [2.75, 3.05) is 0 Å². The third kappa shape index (κ3) is 12.5. The minimum absolute atomic E-state index is 0.220. The summed E-state index contributed by atoms with van der Waals surface area (Å²) in [5.74, 6) is -0.834. The van der Waals surface area contributed by atoms with E-state index >= 15 is 0 Å². The van der Waals surface area contributed by atoms with E-state index in [0.717, 1.165) is 42.0 Å². The number of hydrogen-bond donors (Lipinski definition) is 1. The molecule has 0 saturated heterocycles. The Bertz CT molecular complexity index is 837. The Morgan fingerprint density at radius 2 is 1.03 bits per heavy atom. The normalized spacial score (nSPS) is 13.1. The molecule has 0 aliphatic heterocycles. The number of carbonyl (C=O) groups is 1. The molecule has 0 heterocycles. The van der Waals surface area contributed by atoms with Crippen molar-refractivity contribution in [1.29, 1.82) is 0 Å². The average Bonchev–Trinajstić information content (AvgIpc) is 2.91. The van der Waals surface area contributed by atoms with Gasteiger partial charge in [-0.1, -0.05) is 172 Å². The number of fused-ring (bicyclic) bond motifs is 1. The molecule has 208 valence electrons. The summed E-state index contributed by atoms with van der Waals surface area (Å²) in [5, 5.41) is 12.7. The highest BCUT2D eigenvalue weighted by molar-refractivity contribution is 5.90. The lowest BCUT2D eigenvalue weighted by atomic mass is 9.78. The fourth-order valence-corrected chi connectivity index (χ4v) is 6.02. The monoisotopic (exact) mass is 508 g/mol. The Labute approximate surface area is 228 Å². The van der Waals surface area contributed by atoms with Gasteiger partial charge in [0.2, 0.25) is 0 Å². The van der Waals surface area contributed by atoms with Gasteiger partial charge in [-0.3, -0.25) is 4.79 Å². The number of hydrogen-bond acceptors (Lipinski definition) is 1. The molecule has 2 aromatic carbocycles. The number of unbranched alkanes of at least 4 members (excludes halogenated alkanes) is 16. The zero-order valence-corrected chi connectivity index (χ0v) is 24.2. The zero-order valence-electron chi connectivity index (χ0n) is 24.2. The Morgan fingerprint density at radius 3 is 1.51 bits per heavy atom. The predicted octanol–water partition coefficient (Wildman–Crippen LogP) is 11.5. The second-order valence-electron chi connectivity index (χ2n) is 11.4. The van der Waals surface area contributed by atoms with E-state index < -0.39 is 11.9 Å². The van der Waals surface area contributed by atoms with E-state index in [2.05, 4.69) is 38.1 Å². The summed E-state index contributed by atoms with van der Waals surface area (Å²) in [6.07, 6.45) is 25.7. The molecule has 0 saturated carbocycles. The molecule has 1 N–H and O–H groups in total. The van der Waals surface area contributed by atoms with Crippen LogP contribution in [0, 0.1) is 5.92 Å². The molecule has 0 aromatic heterocycles. The highest BCUT2D eigenvalue weighted by Gasteiger charge is 2.30. The van der Waals surface area contributed by atoms with Crippen LogP contribution in [0.1, 0.15) is 154 Å². The molecule has 0 aliphatic carbocycles. The maximum Gasteiger partial charge on any atom is 0.311 e. The number of carboxylic acid groups (broad SMARTS) is 1. The molecule has 2 atom stereocenters. The van der Waals surface area contributed by atoms with Crippen molar-refractivity contribution in [2.24, 2.45) is 5.92 Å². The van der Waals surface area contributed by atoms with Gasteiger partial charge in [0.1, 0.15) is 0 Å². The van der Waals surface area contributed by atoms with Crippen molar-refractivity contribution in [3.63, 3.8) is 0 Å². The van der Waals surface area contributed by atoms with Crippen LogP contribution in [0.25, 0.3) is 10.8 Å². The molecule has 2 heteroatoms. The summed E-state index contributed by atoms with van der Waals surface area (Å²) in [6, 6.07) is 14.5. The fraction of sp³-hybridized carbons (Fsp3) is 0.686. The topological polar surface area (TPSA) is 37.3 Å². The number of aliphatic carboxylic acids is 1. The Hall–Kier alpha value is -1.83. The van der Waals surface area contributed by atoms with Gasteiger partial charge in [0.05, 0.1) is 5.92 Å². The Balaban J connectivity index is 1.93. The lowest BCUT2D eigenvalue weighted by molar-refractivity contribution is -0.140. The van der Waals surface area contributed by atoms with Crippen molar-refractivity contribution in [3.8, 4) is 0 Å². The summed E-state index contributed by atoms with van der Waals surface area (Å²) >= 11 is 0. The van der Waals surface area contributed by atoms with Crippen LogP contribution in [0.5, 0.6) is 0 Å². The molecule has 2 unspecified atom stereocenters. The van der Waals surface area contributed by atoms with E-state index in [1.807, 2.05) is 18.2 Å². The fourth-order valence-electron chi connectivity index (χ4n) is 6.02. The van der Waals surface area contributed by atoms with E-state index in [4.69, 9.17) is 0 Å². The van der Waals surface area contributed by atoms with Crippen molar-refractivity contribution < 1.29 is 9.90 Å². The van der Waals surface area contributed by atoms with Crippen molar-refractivity contribution in [1.82, 2.24) is 0 Å². The molecular formula is C35H56O2. The smallest absolute Gasteiger partial charge is 0.311 e. The summed E-state index contributed by atoms with van der Waals surface area (Å²) in [5.41, 5.74) is 1.02. The third-order valence-corrected chi connectivity index (χ3v) is 8.25. The van der Waals surface area contributed by atoms with Gasteiger partial charge in [0.15, 0.2) is 0 Å². The molecule has 0 spiro atoms. The van der Waals surface area contributed by atoms with Gasteiger partial charge < -0.3 is 5.11 Å². The van der Waals surface area contributed by atoms with Crippen molar-refractivity contribution in [2.45, 2.75) is 148 Å². The molecule has 2 aromatic rings. The number of rotatable bonds is 23. The first-order valence-electron chi connectivity index (χ1n) is 15.9. The molecule has 0 fully saturated rings. The van der Waals surface area contributed by atoms with E-state index in [9.17, 15) is 9.90 Å². The molecule has 37 heavy (non-hydrogen) atoms. The molecule has 2 rings (SSSR count). The first-order valence-corrected chi connectivity index (χ1v) is 15.9. The lowest BCUT2D eigenvalue weighted by Gasteiger charge is -2.26. The Morgan fingerprint density at radius 1 is 0.595 bits per heavy atom. The van der Waals surface area contributed by atoms with Crippen LogP contribution in [-0.2, 0) is 4.79 Å². The summed E-state index contributed by atoms with van der Waals surface area (Å²) in [4.78, 5) is 12.7. The molecule has 0 aliphatic rings. The predicted molar refractivity (Wildman–Crippen MR) is 162 cm³/mol. The quantitative estimate of drug-likeness (QED) is 0.152. The van der Waals surface area contributed by atoms with Crippen molar-refractivity contribution >= 4 is 16.7 Å². The first kappa shape index (κ1) is 31.4. The van der Waals surface area contributed by atoms with Crippen LogP contribution in [-0.4, -0.2) is 11.1 Å². The van der Waals surface area contributed by atoms with Gasteiger partial charge in [-0.25, -0.2) is 0 Å².